The van der Waals surface area contributed by atoms with E-state index >= 15 is 0 Å². The summed E-state index contributed by atoms with van der Waals surface area (Å²) in [6.07, 6.45) is 22.9. The van der Waals surface area contributed by atoms with Crippen LogP contribution in [-0.2, 0) is 9.47 Å². The Hall–Kier alpha value is -0.620. The average molecular weight is 443 g/mol. The van der Waals surface area contributed by atoms with Gasteiger partial charge in [-0.15, -0.1) is 0 Å². The molecule has 1 heterocycles. The highest BCUT2D eigenvalue weighted by atomic mass is 16.5. The van der Waals surface area contributed by atoms with Crippen molar-refractivity contribution in [2.45, 2.75) is 140 Å². The Kier molecular flexibility index (Phi) is 18.3. The number of rotatable bonds is 21. The Balaban J connectivity index is 1.77. The number of allylic oxidation sites excluding steroid dienone is 1. The molecule has 0 aromatic carbocycles. The Morgan fingerprint density at radius 2 is 1.29 bits per heavy atom. The van der Waals surface area contributed by atoms with Crippen molar-refractivity contribution in [1.82, 2.24) is 0 Å². The second kappa shape index (κ2) is 20.0. The Morgan fingerprint density at radius 3 is 1.74 bits per heavy atom. The first-order valence-electron chi connectivity index (χ1n) is 13.1. The van der Waals surface area contributed by atoms with Crippen LogP contribution in [0.1, 0.15) is 116 Å². The molecule has 0 aliphatic carbocycles. The Labute approximate surface area is 191 Å². The maximum atomic E-state index is 9.93. The van der Waals surface area contributed by atoms with Gasteiger partial charge in [-0.1, -0.05) is 103 Å². The van der Waals surface area contributed by atoms with Crippen LogP contribution in [-0.4, -0.2) is 52.9 Å². The first kappa shape index (κ1) is 28.4. The number of aliphatic hydroxyl groups is 3. The number of unbranched alkanes of at least 4 members (excludes halogenated alkanes) is 16. The van der Waals surface area contributed by atoms with Crippen LogP contribution in [0, 0.1) is 0 Å². The summed E-state index contributed by atoms with van der Waals surface area (Å²) in [6.45, 7) is 2.39. The molecule has 184 valence electrons. The van der Waals surface area contributed by atoms with E-state index in [2.05, 4.69) is 6.92 Å². The van der Waals surface area contributed by atoms with E-state index in [-0.39, 0.29) is 13.2 Å². The molecule has 5 nitrogen and oxygen atoms in total. The number of hydrogen-bond donors (Lipinski definition) is 3. The largest absolute Gasteiger partial charge is 0.499 e. The van der Waals surface area contributed by atoms with Crippen LogP contribution in [0.3, 0.4) is 0 Å². The maximum absolute atomic E-state index is 9.93. The molecular weight excluding hydrogens is 392 g/mol. The molecule has 1 fully saturated rings. The lowest BCUT2D eigenvalue weighted by atomic mass is 10.0. The van der Waals surface area contributed by atoms with Gasteiger partial charge < -0.3 is 24.8 Å². The highest BCUT2D eigenvalue weighted by Gasteiger charge is 2.39. The zero-order valence-corrected chi connectivity index (χ0v) is 20.1. The van der Waals surface area contributed by atoms with Crippen LogP contribution in [0.4, 0.5) is 0 Å². The molecule has 1 saturated heterocycles. The molecule has 0 saturated carbocycles. The van der Waals surface area contributed by atoms with Gasteiger partial charge >= 0.3 is 0 Å². The minimum absolute atomic E-state index is 0.0536. The predicted octanol–water partition coefficient (Wildman–Crippen LogP) is 5.65. The van der Waals surface area contributed by atoms with Crippen LogP contribution in [0.5, 0.6) is 0 Å². The molecule has 0 bridgehead atoms. The van der Waals surface area contributed by atoms with Gasteiger partial charge in [-0.05, 0) is 18.9 Å². The van der Waals surface area contributed by atoms with E-state index in [1.54, 1.807) is 6.26 Å². The first-order chi connectivity index (χ1) is 15.2. The zero-order chi connectivity index (χ0) is 22.6. The molecule has 4 atom stereocenters. The minimum Gasteiger partial charge on any atom is -0.499 e. The van der Waals surface area contributed by atoms with E-state index in [1.807, 2.05) is 6.08 Å². The summed E-state index contributed by atoms with van der Waals surface area (Å²) in [5.74, 6) is 0. The summed E-state index contributed by atoms with van der Waals surface area (Å²) in [6, 6.07) is 0. The van der Waals surface area contributed by atoms with Crippen molar-refractivity contribution in [2.75, 3.05) is 13.2 Å². The van der Waals surface area contributed by atoms with Gasteiger partial charge in [-0.2, -0.15) is 0 Å². The predicted molar refractivity (Wildman–Crippen MR) is 127 cm³/mol. The van der Waals surface area contributed by atoms with Crippen LogP contribution < -0.4 is 0 Å². The van der Waals surface area contributed by atoms with Crippen LogP contribution >= 0.6 is 0 Å². The topological polar surface area (TPSA) is 79.2 Å². The van der Waals surface area contributed by atoms with Gasteiger partial charge in [0.25, 0.3) is 0 Å². The van der Waals surface area contributed by atoms with E-state index in [9.17, 15) is 15.3 Å². The van der Waals surface area contributed by atoms with Gasteiger partial charge in [0.05, 0.1) is 12.9 Å². The van der Waals surface area contributed by atoms with E-state index < -0.39 is 24.4 Å². The van der Waals surface area contributed by atoms with Gasteiger partial charge in [0.15, 0.2) is 0 Å². The molecule has 0 spiro atoms. The molecule has 0 aromatic rings. The summed E-state index contributed by atoms with van der Waals surface area (Å²) in [5, 5.41) is 29.0. The van der Waals surface area contributed by atoms with Crippen LogP contribution in [0.2, 0.25) is 0 Å². The molecule has 0 radical (unpaired) electrons. The molecule has 0 unspecified atom stereocenters. The van der Waals surface area contributed by atoms with Gasteiger partial charge in [-0.25, -0.2) is 0 Å². The number of ether oxygens (including phenoxy) is 2. The quantitative estimate of drug-likeness (QED) is 0.158. The Morgan fingerprint density at radius 1 is 0.806 bits per heavy atom. The van der Waals surface area contributed by atoms with Crippen molar-refractivity contribution < 1.29 is 24.8 Å². The summed E-state index contributed by atoms with van der Waals surface area (Å²) in [4.78, 5) is 0. The van der Waals surface area contributed by atoms with Crippen molar-refractivity contribution in [3.8, 4) is 0 Å². The standard InChI is InChI=1S/C26H50O5/c1-2-3-4-5-6-7-8-9-10-11-12-13-14-15-16-17-18-19-20-30-21-24(28)26-25(29)23(27)22-31-26/h19-20,23-29H,2-18,21-22H2,1H3/b20-19+/t23-,24+,25+,26+/m1/s1. The lowest BCUT2D eigenvalue weighted by molar-refractivity contribution is -0.0703. The smallest absolute Gasteiger partial charge is 0.117 e. The first-order valence-corrected chi connectivity index (χ1v) is 13.1. The van der Waals surface area contributed by atoms with E-state index in [0.29, 0.717) is 0 Å². The number of hydrogen-bond acceptors (Lipinski definition) is 5. The van der Waals surface area contributed by atoms with Crippen molar-refractivity contribution in [1.29, 1.82) is 0 Å². The fraction of sp³-hybridized carbons (Fsp3) is 0.923. The monoisotopic (exact) mass is 442 g/mol. The maximum Gasteiger partial charge on any atom is 0.117 e. The van der Waals surface area contributed by atoms with Gasteiger partial charge in [0.2, 0.25) is 0 Å². The van der Waals surface area contributed by atoms with Gasteiger partial charge in [0.1, 0.15) is 31.0 Å². The van der Waals surface area contributed by atoms with E-state index in [1.165, 1.54) is 96.3 Å². The number of aliphatic hydroxyl groups excluding tert-OH is 3. The molecule has 0 amide bonds. The van der Waals surface area contributed by atoms with Crippen molar-refractivity contribution in [3.05, 3.63) is 12.3 Å². The fourth-order valence-electron chi connectivity index (χ4n) is 4.16. The third-order valence-corrected chi connectivity index (χ3v) is 6.25. The highest BCUT2D eigenvalue weighted by molar-refractivity contribution is 4.88. The SMILES string of the molecule is CCCCCCCCCCCCCCCCCC/C=C/OC[C@H](O)[C@@H]1OC[C@@H](O)[C@@H]1O. The fourth-order valence-corrected chi connectivity index (χ4v) is 4.16. The van der Waals surface area contributed by atoms with Gasteiger partial charge in [-0.3, -0.25) is 0 Å². The average Bonchev–Trinajstić information content (AvgIpc) is 3.10. The molecule has 1 aliphatic rings. The minimum atomic E-state index is -1.05. The van der Waals surface area contributed by atoms with Crippen molar-refractivity contribution >= 4 is 0 Å². The van der Waals surface area contributed by atoms with E-state index in [4.69, 9.17) is 9.47 Å². The molecule has 1 aliphatic heterocycles. The molecular formula is C26H50O5. The molecule has 5 heteroatoms. The molecule has 1 rings (SSSR count). The normalized spacial score (nSPS) is 22.4. The third-order valence-electron chi connectivity index (χ3n) is 6.25. The summed E-state index contributed by atoms with van der Waals surface area (Å²) in [5.41, 5.74) is 0. The van der Waals surface area contributed by atoms with Crippen molar-refractivity contribution in [2.24, 2.45) is 0 Å². The third kappa shape index (κ3) is 15.0. The highest BCUT2D eigenvalue weighted by Crippen LogP contribution is 2.18. The Bertz CT molecular complexity index is 415. The van der Waals surface area contributed by atoms with E-state index in [0.717, 1.165) is 12.8 Å². The molecule has 31 heavy (non-hydrogen) atoms. The summed E-state index contributed by atoms with van der Waals surface area (Å²) < 4.78 is 10.5. The summed E-state index contributed by atoms with van der Waals surface area (Å²) in [7, 11) is 0. The second-order valence-corrected chi connectivity index (χ2v) is 9.22. The zero-order valence-electron chi connectivity index (χ0n) is 20.1. The lowest BCUT2D eigenvalue weighted by Crippen LogP contribution is -2.40. The molecule has 0 aromatic heterocycles. The van der Waals surface area contributed by atoms with Crippen molar-refractivity contribution in [3.63, 3.8) is 0 Å². The van der Waals surface area contributed by atoms with Crippen LogP contribution in [0.25, 0.3) is 0 Å². The molecule has 3 N–H and O–H groups in total. The summed E-state index contributed by atoms with van der Waals surface area (Å²) >= 11 is 0. The van der Waals surface area contributed by atoms with Gasteiger partial charge in [0, 0.05) is 0 Å². The second-order valence-electron chi connectivity index (χ2n) is 9.22. The lowest BCUT2D eigenvalue weighted by Gasteiger charge is -2.20. The van der Waals surface area contributed by atoms with Crippen LogP contribution in [0.15, 0.2) is 12.3 Å².